The van der Waals surface area contributed by atoms with E-state index in [1.807, 2.05) is 133 Å². The Morgan fingerprint density at radius 1 is 0.614 bits per heavy atom. The quantitative estimate of drug-likeness (QED) is 0.0550. The maximum Gasteiger partial charge on any atom is 0.258 e. The first-order chi connectivity index (χ1) is 34.0. The molecule has 0 N–H and O–H groups in total. The van der Waals surface area contributed by atoms with Crippen molar-refractivity contribution in [3.8, 4) is 17.2 Å². The molecule has 368 valence electrons. The van der Waals surface area contributed by atoms with Crippen LogP contribution in [0.25, 0.3) is 0 Å². The van der Waals surface area contributed by atoms with Gasteiger partial charge in [-0.1, -0.05) is 183 Å². The van der Waals surface area contributed by atoms with E-state index in [1.165, 1.54) is 11.1 Å². The van der Waals surface area contributed by atoms with Gasteiger partial charge in [0.15, 0.2) is 0 Å². The van der Waals surface area contributed by atoms with Crippen LogP contribution >= 0.6 is 15.9 Å². The first kappa shape index (κ1) is 55.9. The van der Waals surface area contributed by atoms with E-state index in [9.17, 15) is 22.4 Å². The third-order valence-corrected chi connectivity index (χ3v) is 11.4. The summed E-state index contributed by atoms with van der Waals surface area (Å²) >= 11 is 3.33. The number of amides is 1. The Morgan fingerprint density at radius 2 is 1.14 bits per heavy atom. The van der Waals surface area contributed by atoms with Crippen molar-refractivity contribution in [3.05, 3.63) is 239 Å². The van der Waals surface area contributed by atoms with Gasteiger partial charge in [0, 0.05) is 16.6 Å². The first-order valence-corrected chi connectivity index (χ1v) is 24.4. The smallest absolute Gasteiger partial charge is 0.258 e. The monoisotopic (exact) mass is 1020 g/mol. The topological polar surface area (TPSA) is 48.0 Å². The zero-order valence-corrected chi connectivity index (χ0v) is 42.0. The van der Waals surface area contributed by atoms with Gasteiger partial charge in [0.05, 0.1) is 6.54 Å². The Balaban J connectivity index is 0.000000194. The Labute approximate surface area is 420 Å². The van der Waals surface area contributed by atoms with Crippen LogP contribution in [-0.2, 0) is 25.2 Å². The highest BCUT2D eigenvalue weighted by Gasteiger charge is 2.27. The number of benzene rings is 7. The number of hydrogen-bond acceptors (Lipinski definition) is 4. The zero-order chi connectivity index (χ0) is 50.5. The average molecular weight is 1020 g/mol. The van der Waals surface area contributed by atoms with E-state index in [0.29, 0.717) is 49.2 Å². The molecule has 2 unspecified atom stereocenters. The summed E-state index contributed by atoms with van der Waals surface area (Å²) in [5.41, 5.74) is 8.73. The van der Waals surface area contributed by atoms with Gasteiger partial charge in [0.2, 0.25) is 6.86 Å². The number of halogens is 5. The summed E-state index contributed by atoms with van der Waals surface area (Å²) in [5, 5.41) is 0.827. The summed E-state index contributed by atoms with van der Waals surface area (Å²) in [6.07, 6.45) is 1.55. The molecule has 7 aromatic rings. The molecule has 7 aromatic carbocycles. The van der Waals surface area contributed by atoms with Crippen molar-refractivity contribution >= 4 is 27.5 Å². The summed E-state index contributed by atoms with van der Waals surface area (Å²) in [6, 6.07) is 56.7. The Kier molecular flexibility index (Phi) is 25.2. The van der Waals surface area contributed by atoms with Crippen LogP contribution in [0.5, 0.6) is 17.2 Å². The fourth-order valence-corrected chi connectivity index (χ4v) is 7.10. The average Bonchev–Trinajstić information content (AvgIpc) is 3.75. The maximum atomic E-state index is 13.1. The van der Waals surface area contributed by atoms with E-state index in [0.717, 1.165) is 51.0 Å². The molecule has 70 heavy (non-hydrogen) atoms. The van der Waals surface area contributed by atoms with E-state index >= 15 is 0 Å². The summed E-state index contributed by atoms with van der Waals surface area (Å²) in [5.74, 6) is 2.59. The maximum absolute atomic E-state index is 13.1. The van der Waals surface area contributed by atoms with Crippen LogP contribution in [-0.4, -0.2) is 19.4 Å². The molecule has 0 bridgehead atoms. The molecular formula is C60H64BrF4NO4. The Bertz CT molecular complexity index is 2510. The number of ether oxygens (including phenoxy) is 3. The van der Waals surface area contributed by atoms with Gasteiger partial charge in [-0.25, -0.2) is 17.6 Å². The highest BCUT2D eigenvalue weighted by molar-refractivity contribution is 9.08. The number of rotatable bonds is 16. The zero-order valence-electron chi connectivity index (χ0n) is 40.5. The van der Waals surface area contributed by atoms with Gasteiger partial charge in [0.1, 0.15) is 49.5 Å². The fourth-order valence-electron chi connectivity index (χ4n) is 6.72. The normalized spacial score (nSPS) is 11.9. The van der Waals surface area contributed by atoms with Crippen LogP contribution in [0.15, 0.2) is 195 Å². The van der Waals surface area contributed by atoms with Crippen LogP contribution in [0.1, 0.15) is 108 Å². The molecule has 1 amide bonds. The molecule has 2 atom stereocenters. The van der Waals surface area contributed by atoms with Crippen molar-refractivity contribution in [2.24, 2.45) is 0 Å². The molecular weight excluding hydrogens is 955 g/mol. The lowest BCUT2D eigenvalue weighted by atomic mass is 10.0. The second kappa shape index (κ2) is 31.5. The molecule has 1 aliphatic heterocycles. The van der Waals surface area contributed by atoms with Crippen LogP contribution in [0, 0.1) is 0 Å². The van der Waals surface area contributed by atoms with Crippen molar-refractivity contribution in [2.75, 3.05) is 18.4 Å². The SMILES string of the molecule is C=CCOc1ccc(OCF)cc1.CC(C)c1ccc(N2Cc3ccccc3C2=O)cc1.CC(F)c1ccc(CBr)cc1.CCCC(F)c1ccccc1.FCc1ccc(OCc2ccccc2)cc1. The number of hydrogen-bond donors (Lipinski definition) is 0. The lowest BCUT2D eigenvalue weighted by Gasteiger charge is -2.16. The van der Waals surface area contributed by atoms with Crippen LogP contribution in [0.3, 0.4) is 0 Å². The minimum absolute atomic E-state index is 0.105. The number of fused-ring (bicyclic) bond motifs is 1. The fraction of sp³-hybridized carbons (Fsp3) is 0.250. The lowest BCUT2D eigenvalue weighted by Crippen LogP contribution is -2.22. The second-order valence-electron chi connectivity index (χ2n) is 16.3. The number of anilines is 1. The third kappa shape index (κ3) is 19.4. The van der Waals surface area contributed by atoms with Gasteiger partial charge in [-0.05, 0) is 113 Å². The van der Waals surface area contributed by atoms with Crippen LogP contribution in [0.4, 0.5) is 23.2 Å². The lowest BCUT2D eigenvalue weighted by molar-refractivity contribution is 0.0996. The van der Waals surface area contributed by atoms with E-state index in [-0.39, 0.29) is 5.91 Å². The van der Waals surface area contributed by atoms with Gasteiger partial charge in [-0.15, -0.1) is 0 Å². The molecule has 10 heteroatoms. The molecule has 1 aliphatic rings. The van der Waals surface area contributed by atoms with Gasteiger partial charge in [-0.3, -0.25) is 4.79 Å². The molecule has 0 saturated carbocycles. The number of carbonyl (C=O) groups excluding carboxylic acids is 1. The number of carbonyl (C=O) groups is 1. The van der Waals surface area contributed by atoms with Gasteiger partial charge >= 0.3 is 0 Å². The number of alkyl halides is 5. The van der Waals surface area contributed by atoms with Crippen LogP contribution < -0.4 is 19.1 Å². The summed E-state index contributed by atoms with van der Waals surface area (Å²) in [7, 11) is 0. The summed E-state index contributed by atoms with van der Waals surface area (Å²) in [6.45, 7) is 11.8. The first-order valence-electron chi connectivity index (χ1n) is 23.3. The van der Waals surface area contributed by atoms with E-state index in [4.69, 9.17) is 9.47 Å². The molecule has 0 saturated heterocycles. The largest absolute Gasteiger partial charge is 0.490 e. The summed E-state index contributed by atoms with van der Waals surface area (Å²) in [4.78, 5) is 14.2. The van der Waals surface area contributed by atoms with Crippen molar-refractivity contribution in [1.29, 1.82) is 0 Å². The van der Waals surface area contributed by atoms with Crippen molar-refractivity contribution < 1.29 is 36.6 Å². The molecule has 0 spiro atoms. The standard InChI is InChI=1S/C17H17NO.C14H13FO.C10H11FO2.C10H13F.C9H10BrF/c1-12(2)13-7-9-15(10-8-13)18-11-14-5-3-4-6-16(14)17(18)19;15-10-12-6-8-14(9-7-12)16-11-13-4-2-1-3-5-13;1-2-7-12-9-3-5-10(6-4-9)13-8-11;1-2-6-10(11)9-7-4-3-5-8-9;1-7(11)9-4-2-8(6-10)3-5-9/h3-10,12H,11H2,1-2H3;1-9H,10-11H2;2-6H,1,7-8H2;3-5,7-8,10H,2,6H2,1H3;2-5,7H,6H2,1H3. The third-order valence-electron chi connectivity index (χ3n) is 10.7. The van der Waals surface area contributed by atoms with Crippen molar-refractivity contribution in [3.63, 3.8) is 0 Å². The minimum atomic E-state index is -0.862. The number of nitrogens with zero attached hydrogens (tertiary/aromatic N) is 1. The molecule has 0 aromatic heterocycles. The predicted octanol–water partition coefficient (Wildman–Crippen LogP) is 17.4. The highest BCUT2D eigenvalue weighted by atomic mass is 79.9. The second-order valence-corrected chi connectivity index (χ2v) is 16.9. The van der Waals surface area contributed by atoms with Gasteiger partial charge in [-0.2, -0.15) is 0 Å². The molecule has 8 rings (SSSR count). The van der Waals surface area contributed by atoms with Gasteiger partial charge in [0.25, 0.3) is 5.91 Å². The molecule has 0 aliphatic carbocycles. The Morgan fingerprint density at radius 3 is 1.67 bits per heavy atom. The molecule has 5 nitrogen and oxygen atoms in total. The van der Waals surface area contributed by atoms with Crippen molar-refractivity contribution in [2.45, 2.75) is 84.0 Å². The van der Waals surface area contributed by atoms with E-state index in [2.05, 4.69) is 53.2 Å². The molecule has 0 radical (unpaired) electrons. The highest BCUT2D eigenvalue weighted by Crippen LogP contribution is 2.29. The minimum Gasteiger partial charge on any atom is -0.490 e. The Hall–Kier alpha value is -6.65. The van der Waals surface area contributed by atoms with E-state index < -0.39 is 25.9 Å². The van der Waals surface area contributed by atoms with Gasteiger partial charge < -0.3 is 19.1 Å². The predicted molar refractivity (Wildman–Crippen MR) is 282 cm³/mol. The van der Waals surface area contributed by atoms with E-state index in [1.54, 1.807) is 61.5 Å². The van der Waals surface area contributed by atoms with Crippen LogP contribution in [0.2, 0.25) is 0 Å². The summed E-state index contributed by atoms with van der Waals surface area (Å²) < 4.78 is 65.2. The molecule has 0 fully saturated rings. The van der Waals surface area contributed by atoms with Crippen molar-refractivity contribution in [1.82, 2.24) is 0 Å². The molecule has 1 heterocycles.